The van der Waals surface area contributed by atoms with Crippen molar-refractivity contribution in [3.05, 3.63) is 117 Å². The van der Waals surface area contributed by atoms with E-state index in [9.17, 15) is 27.9 Å². The molecule has 0 unspecified atom stereocenters. The highest BCUT2D eigenvalue weighted by Gasteiger charge is 2.31. The second-order valence-corrected chi connectivity index (χ2v) is 12.3. The second-order valence-electron chi connectivity index (χ2n) is 11.4. The van der Waals surface area contributed by atoms with Gasteiger partial charge in [0.15, 0.2) is 5.78 Å². The van der Waals surface area contributed by atoms with Crippen LogP contribution in [0.4, 0.5) is 13.2 Å². The van der Waals surface area contributed by atoms with E-state index in [1.165, 1.54) is 29.5 Å². The van der Waals surface area contributed by atoms with Crippen LogP contribution in [0, 0.1) is 19.8 Å². The van der Waals surface area contributed by atoms with E-state index in [0.29, 0.717) is 48.9 Å². The first kappa shape index (κ1) is 33.9. The number of alkyl halides is 3. The van der Waals surface area contributed by atoms with Crippen molar-refractivity contribution in [3.63, 3.8) is 0 Å². The number of benzene rings is 3. The van der Waals surface area contributed by atoms with Gasteiger partial charge in [-0.1, -0.05) is 42.5 Å². The number of rotatable bonds is 14. The molecule has 0 aliphatic rings. The molecule has 4 rings (SSSR count). The lowest BCUT2D eigenvalue weighted by atomic mass is 9.85. The van der Waals surface area contributed by atoms with Crippen LogP contribution >= 0.6 is 11.3 Å². The molecule has 1 amide bonds. The van der Waals surface area contributed by atoms with Crippen molar-refractivity contribution >= 4 is 23.0 Å². The number of nitrogens with zero attached hydrogens (tertiary/aromatic N) is 2. The number of Topliss-reactive ketones (excluding diaryl/α,β-unsaturated/α-hetero) is 1. The van der Waals surface area contributed by atoms with Gasteiger partial charge in [0.25, 0.3) is 5.91 Å². The minimum Gasteiger partial charge on any atom is -0.406 e. The third-order valence-electron chi connectivity index (χ3n) is 7.46. The van der Waals surface area contributed by atoms with Crippen LogP contribution in [0.25, 0.3) is 0 Å². The highest BCUT2D eigenvalue weighted by atomic mass is 32.1. The van der Waals surface area contributed by atoms with Gasteiger partial charge in [-0.3, -0.25) is 9.59 Å². The van der Waals surface area contributed by atoms with Crippen LogP contribution in [0.1, 0.15) is 67.4 Å². The van der Waals surface area contributed by atoms with E-state index in [2.05, 4.69) is 9.72 Å². The van der Waals surface area contributed by atoms with E-state index in [1.54, 1.807) is 36.2 Å². The summed E-state index contributed by atoms with van der Waals surface area (Å²) in [5.41, 5.74) is 4.13. The standard InChI is InChI=1S/C35H37F3N2O4S/c1-23-15-27(19-29(16-23)34(43)40(3)21-33-39-24(2)22-45-33)32(42)20-28(17-25-9-5-4-6-10-25)31(41)14-8-12-26-11-7-13-30(18-26)44-35(36,37)38/h4-7,9-11,13,15-16,18-19,22,28,31,41H,8,12,14,17,20-21H2,1-3H3/t28-,31-/m1/s1. The first-order valence-corrected chi connectivity index (χ1v) is 15.6. The van der Waals surface area contributed by atoms with Crippen molar-refractivity contribution in [2.45, 2.75) is 65.0 Å². The molecule has 3 aromatic carbocycles. The van der Waals surface area contributed by atoms with Crippen molar-refractivity contribution in [1.29, 1.82) is 0 Å². The number of aliphatic hydroxyl groups excluding tert-OH is 1. The van der Waals surface area contributed by atoms with Crippen LogP contribution in [0.5, 0.6) is 5.75 Å². The third kappa shape index (κ3) is 10.5. The molecule has 238 valence electrons. The Morgan fingerprint density at radius 3 is 2.38 bits per heavy atom. The number of hydrogen-bond donors (Lipinski definition) is 1. The summed E-state index contributed by atoms with van der Waals surface area (Å²) in [6.45, 7) is 4.10. The average Bonchev–Trinajstić information content (AvgIpc) is 3.39. The topological polar surface area (TPSA) is 79.7 Å². The highest BCUT2D eigenvalue weighted by molar-refractivity contribution is 7.09. The molecule has 2 atom stereocenters. The fraction of sp³-hybridized carbons (Fsp3) is 0.343. The lowest BCUT2D eigenvalue weighted by Gasteiger charge is -2.23. The van der Waals surface area contributed by atoms with E-state index < -0.39 is 18.4 Å². The molecule has 0 saturated heterocycles. The molecule has 10 heteroatoms. The molecule has 1 heterocycles. The minimum atomic E-state index is -4.77. The van der Waals surface area contributed by atoms with E-state index in [4.69, 9.17) is 0 Å². The van der Waals surface area contributed by atoms with E-state index in [0.717, 1.165) is 21.8 Å². The van der Waals surface area contributed by atoms with Crippen molar-refractivity contribution in [3.8, 4) is 5.75 Å². The fourth-order valence-corrected chi connectivity index (χ4v) is 6.13. The highest BCUT2D eigenvalue weighted by Crippen LogP contribution is 2.26. The van der Waals surface area contributed by atoms with Crippen LogP contribution in [0.2, 0.25) is 0 Å². The fourth-order valence-electron chi connectivity index (χ4n) is 5.30. The molecule has 6 nitrogen and oxygen atoms in total. The Morgan fingerprint density at radius 2 is 1.69 bits per heavy atom. The van der Waals surface area contributed by atoms with Gasteiger partial charge >= 0.3 is 6.36 Å². The van der Waals surface area contributed by atoms with Crippen molar-refractivity contribution in [2.75, 3.05) is 7.05 Å². The van der Waals surface area contributed by atoms with Gasteiger partial charge < -0.3 is 14.7 Å². The Balaban J connectivity index is 1.44. The van der Waals surface area contributed by atoms with Gasteiger partial charge in [0.05, 0.1) is 12.6 Å². The maximum atomic E-state index is 13.6. The summed E-state index contributed by atoms with van der Waals surface area (Å²) in [6, 6.07) is 20.5. The Bertz CT molecular complexity index is 1590. The smallest absolute Gasteiger partial charge is 0.406 e. The largest absolute Gasteiger partial charge is 0.573 e. The predicted molar refractivity (Wildman–Crippen MR) is 168 cm³/mol. The zero-order valence-electron chi connectivity index (χ0n) is 25.5. The molecule has 1 N–H and O–H groups in total. The number of ether oxygens (including phenoxy) is 1. The number of hydrogen-bond acceptors (Lipinski definition) is 6. The summed E-state index contributed by atoms with van der Waals surface area (Å²) in [5, 5.41) is 14.0. The van der Waals surface area contributed by atoms with Crippen molar-refractivity contribution in [2.24, 2.45) is 5.92 Å². The van der Waals surface area contributed by atoms with Gasteiger partial charge in [-0.25, -0.2) is 4.98 Å². The molecule has 1 aromatic heterocycles. The summed E-state index contributed by atoms with van der Waals surface area (Å²) in [7, 11) is 1.70. The SMILES string of the molecule is Cc1cc(C(=O)C[C@@H](Cc2ccccc2)[C@H](O)CCCc2cccc(OC(F)(F)F)c2)cc(C(=O)N(C)Cc2nc(C)cs2)c1. The summed E-state index contributed by atoms with van der Waals surface area (Å²) in [6.07, 6.45) is -3.77. The molecular weight excluding hydrogens is 601 g/mol. The Hall–Kier alpha value is -4.02. The molecule has 4 aromatic rings. The normalized spacial score (nSPS) is 12.9. The van der Waals surface area contributed by atoms with Gasteiger partial charge in [-0.2, -0.15) is 0 Å². The number of aryl methyl sites for hydroxylation is 3. The average molecular weight is 639 g/mol. The summed E-state index contributed by atoms with van der Waals surface area (Å²) < 4.78 is 41.9. The molecule has 45 heavy (non-hydrogen) atoms. The van der Waals surface area contributed by atoms with E-state index in [1.807, 2.05) is 49.6 Å². The zero-order chi connectivity index (χ0) is 32.6. The summed E-state index contributed by atoms with van der Waals surface area (Å²) in [4.78, 5) is 32.9. The number of amides is 1. The van der Waals surface area contributed by atoms with Gasteiger partial charge in [0.2, 0.25) is 0 Å². The maximum absolute atomic E-state index is 13.6. The number of carbonyl (C=O) groups excluding carboxylic acids is 2. The van der Waals surface area contributed by atoms with Crippen LogP contribution in [-0.4, -0.2) is 46.2 Å². The molecule has 0 aliphatic carbocycles. The quantitative estimate of drug-likeness (QED) is 0.143. The number of aromatic nitrogens is 1. The van der Waals surface area contributed by atoms with Gasteiger partial charge in [0.1, 0.15) is 10.8 Å². The van der Waals surface area contributed by atoms with Crippen molar-refractivity contribution in [1.82, 2.24) is 9.88 Å². The third-order valence-corrected chi connectivity index (χ3v) is 8.41. The molecule has 0 aliphatic heterocycles. The molecule has 0 fully saturated rings. The number of halogens is 3. The number of carbonyl (C=O) groups is 2. The number of aliphatic hydroxyl groups is 1. The number of ketones is 1. The zero-order valence-corrected chi connectivity index (χ0v) is 26.3. The van der Waals surface area contributed by atoms with Crippen LogP contribution in [0.3, 0.4) is 0 Å². The van der Waals surface area contributed by atoms with Crippen molar-refractivity contribution < 1.29 is 32.6 Å². The molecule has 0 spiro atoms. The molecule has 0 bridgehead atoms. The Labute approximate surface area is 265 Å². The maximum Gasteiger partial charge on any atom is 0.573 e. The lowest BCUT2D eigenvalue weighted by molar-refractivity contribution is -0.274. The van der Waals surface area contributed by atoms with Crippen LogP contribution < -0.4 is 4.74 Å². The first-order chi connectivity index (χ1) is 21.4. The molecule has 0 saturated carbocycles. The second kappa shape index (κ2) is 15.3. The molecule has 0 radical (unpaired) electrons. The number of thiazole rings is 1. The molecular formula is C35H37F3N2O4S. The Kier molecular flexibility index (Phi) is 11.5. The lowest BCUT2D eigenvalue weighted by Crippen LogP contribution is -2.27. The monoisotopic (exact) mass is 638 g/mol. The first-order valence-electron chi connectivity index (χ1n) is 14.7. The van der Waals surface area contributed by atoms with Gasteiger partial charge in [0, 0.05) is 35.7 Å². The Morgan fingerprint density at radius 1 is 0.978 bits per heavy atom. The van der Waals surface area contributed by atoms with Crippen LogP contribution in [0.15, 0.2) is 78.2 Å². The minimum absolute atomic E-state index is 0.0658. The van der Waals surface area contributed by atoms with Gasteiger partial charge in [-0.15, -0.1) is 24.5 Å². The van der Waals surface area contributed by atoms with E-state index in [-0.39, 0.29) is 23.9 Å². The summed E-state index contributed by atoms with van der Waals surface area (Å²) >= 11 is 1.49. The van der Waals surface area contributed by atoms with Gasteiger partial charge in [-0.05, 0) is 92.5 Å². The van der Waals surface area contributed by atoms with E-state index >= 15 is 0 Å². The van der Waals surface area contributed by atoms with Crippen LogP contribution in [-0.2, 0) is 19.4 Å². The predicted octanol–water partition coefficient (Wildman–Crippen LogP) is 7.75. The summed E-state index contributed by atoms with van der Waals surface area (Å²) in [5.74, 6) is -1.09.